The van der Waals surface area contributed by atoms with Crippen molar-refractivity contribution in [2.75, 3.05) is 27.3 Å². The Morgan fingerprint density at radius 3 is 2.67 bits per heavy atom. The van der Waals surface area contributed by atoms with Gasteiger partial charge in [0.1, 0.15) is 5.82 Å². The fourth-order valence-electron chi connectivity index (χ4n) is 1.46. The van der Waals surface area contributed by atoms with Crippen molar-refractivity contribution < 1.29 is 13.9 Å². The lowest BCUT2D eigenvalue weighted by Gasteiger charge is -2.17. The minimum absolute atomic E-state index is 0.143. The summed E-state index contributed by atoms with van der Waals surface area (Å²) < 4.78 is 17.6. The molecule has 0 saturated heterocycles. The Bertz CT molecular complexity index is 368. The number of nitrogens with zero attached hydrogens (tertiary/aromatic N) is 1. The van der Waals surface area contributed by atoms with Crippen molar-refractivity contribution in [1.29, 1.82) is 0 Å². The number of rotatable bonds is 6. The smallest absolute Gasteiger partial charge is 0.317 e. The second-order valence-corrected chi connectivity index (χ2v) is 4.05. The Hall–Kier alpha value is -1.62. The fourth-order valence-corrected chi connectivity index (χ4v) is 1.46. The van der Waals surface area contributed by atoms with Crippen molar-refractivity contribution in [3.05, 3.63) is 35.6 Å². The highest BCUT2D eigenvalue weighted by Gasteiger charge is 2.07. The molecule has 0 heterocycles. The molecule has 100 valence electrons. The molecule has 18 heavy (non-hydrogen) atoms. The average Bonchev–Trinajstić information content (AvgIpc) is 2.38. The SMILES string of the molecule is COCCCN(C)C(=O)NCc1ccc(F)cc1. The predicted molar refractivity (Wildman–Crippen MR) is 67.8 cm³/mol. The first-order valence-corrected chi connectivity index (χ1v) is 5.86. The molecule has 1 aromatic carbocycles. The maximum atomic E-state index is 12.7. The van der Waals surface area contributed by atoms with Gasteiger partial charge >= 0.3 is 6.03 Å². The third-order valence-corrected chi connectivity index (χ3v) is 2.55. The summed E-state index contributed by atoms with van der Waals surface area (Å²) in [5.74, 6) is -0.276. The number of hydrogen-bond acceptors (Lipinski definition) is 2. The quantitative estimate of drug-likeness (QED) is 0.789. The maximum absolute atomic E-state index is 12.7. The monoisotopic (exact) mass is 254 g/mol. The van der Waals surface area contributed by atoms with Crippen LogP contribution in [0.15, 0.2) is 24.3 Å². The molecule has 0 aliphatic rings. The molecule has 0 radical (unpaired) electrons. The molecule has 1 aromatic rings. The zero-order valence-corrected chi connectivity index (χ0v) is 10.8. The lowest BCUT2D eigenvalue weighted by atomic mass is 10.2. The fraction of sp³-hybridized carbons (Fsp3) is 0.462. The van der Waals surface area contributed by atoms with Crippen LogP contribution in [0, 0.1) is 5.82 Å². The highest BCUT2D eigenvalue weighted by molar-refractivity contribution is 5.73. The van der Waals surface area contributed by atoms with Crippen LogP contribution in [0.25, 0.3) is 0 Å². The molecule has 0 fully saturated rings. The Morgan fingerprint density at radius 1 is 1.39 bits per heavy atom. The summed E-state index contributed by atoms with van der Waals surface area (Å²) in [6.07, 6.45) is 0.803. The van der Waals surface area contributed by atoms with Gasteiger partial charge in [-0.25, -0.2) is 9.18 Å². The number of carbonyl (C=O) groups excluding carboxylic acids is 1. The normalized spacial score (nSPS) is 10.2. The first kappa shape index (κ1) is 14.4. The molecule has 2 amide bonds. The third-order valence-electron chi connectivity index (χ3n) is 2.55. The van der Waals surface area contributed by atoms with Crippen LogP contribution in [0.1, 0.15) is 12.0 Å². The molecular weight excluding hydrogens is 235 g/mol. The molecule has 0 aromatic heterocycles. The number of urea groups is 1. The van der Waals surface area contributed by atoms with Gasteiger partial charge in [0.2, 0.25) is 0 Å². The van der Waals surface area contributed by atoms with Crippen LogP contribution in [-0.2, 0) is 11.3 Å². The highest BCUT2D eigenvalue weighted by Crippen LogP contribution is 2.02. The topological polar surface area (TPSA) is 41.6 Å². The van der Waals surface area contributed by atoms with Gasteiger partial charge in [-0.3, -0.25) is 0 Å². The first-order chi connectivity index (χ1) is 8.63. The summed E-state index contributed by atoms with van der Waals surface area (Å²) >= 11 is 0. The summed E-state index contributed by atoms with van der Waals surface area (Å²) in [7, 11) is 3.37. The number of hydrogen-bond donors (Lipinski definition) is 1. The Labute approximate surface area is 107 Å². The molecule has 0 aliphatic heterocycles. The van der Waals surface area contributed by atoms with Crippen LogP contribution in [-0.4, -0.2) is 38.2 Å². The minimum atomic E-state index is -0.276. The predicted octanol–water partition coefficient (Wildman–Crippen LogP) is 2.00. The van der Waals surface area contributed by atoms with Crippen molar-refractivity contribution in [1.82, 2.24) is 10.2 Å². The van der Waals surface area contributed by atoms with Gasteiger partial charge in [0.05, 0.1) is 0 Å². The molecule has 4 nitrogen and oxygen atoms in total. The summed E-state index contributed by atoms with van der Waals surface area (Å²) in [4.78, 5) is 13.3. The highest BCUT2D eigenvalue weighted by atomic mass is 19.1. The van der Waals surface area contributed by atoms with Gasteiger partial charge in [-0.2, -0.15) is 0 Å². The summed E-state index contributed by atoms with van der Waals surface area (Å²) in [5.41, 5.74) is 0.870. The van der Waals surface area contributed by atoms with E-state index in [1.807, 2.05) is 0 Å². The number of ether oxygens (including phenoxy) is 1. The Balaban J connectivity index is 2.29. The number of halogens is 1. The standard InChI is InChI=1S/C13H19FN2O2/c1-16(8-3-9-18-2)13(17)15-10-11-4-6-12(14)7-5-11/h4-7H,3,8-10H2,1-2H3,(H,15,17). The molecule has 0 unspecified atom stereocenters. The van der Waals surface area contributed by atoms with E-state index >= 15 is 0 Å². The summed E-state index contributed by atoms with van der Waals surface area (Å²) in [6, 6.07) is 5.92. The van der Waals surface area contributed by atoms with Gasteiger partial charge in [-0.15, -0.1) is 0 Å². The molecule has 5 heteroatoms. The number of nitrogens with one attached hydrogen (secondary N) is 1. The van der Waals surface area contributed by atoms with E-state index in [1.165, 1.54) is 12.1 Å². The van der Waals surface area contributed by atoms with Crippen LogP contribution in [0.4, 0.5) is 9.18 Å². The number of methoxy groups -OCH3 is 1. The molecule has 0 aliphatic carbocycles. The summed E-state index contributed by atoms with van der Waals surface area (Å²) in [5, 5.41) is 2.77. The van der Waals surface area contributed by atoms with E-state index in [0.717, 1.165) is 12.0 Å². The van der Waals surface area contributed by atoms with Crippen LogP contribution < -0.4 is 5.32 Å². The van der Waals surface area contributed by atoms with Crippen LogP contribution in [0.2, 0.25) is 0 Å². The van der Waals surface area contributed by atoms with Gasteiger partial charge < -0.3 is 15.0 Å². The van der Waals surface area contributed by atoms with Gasteiger partial charge in [0, 0.05) is 33.9 Å². The lowest BCUT2D eigenvalue weighted by Crippen LogP contribution is -2.37. The van der Waals surface area contributed by atoms with Crippen molar-refractivity contribution in [2.45, 2.75) is 13.0 Å². The van der Waals surface area contributed by atoms with Crippen molar-refractivity contribution >= 4 is 6.03 Å². The van der Waals surface area contributed by atoms with Crippen LogP contribution in [0.3, 0.4) is 0 Å². The second-order valence-electron chi connectivity index (χ2n) is 4.05. The number of amides is 2. The maximum Gasteiger partial charge on any atom is 0.317 e. The first-order valence-electron chi connectivity index (χ1n) is 5.86. The summed E-state index contributed by atoms with van der Waals surface area (Å²) in [6.45, 7) is 1.67. The van der Waals surface area contributed by atoms with E-state index < -0.39 is 0 Å². The lowest BCUT2D eigenvalue weighted by molar-refractivity contribution is 0.175. The van der Waals surface area contributed by atoms with Gasteiger partial charge in [-0.05, 0) is 24.1 Å². The van der Waals surface area contributed by atoms with E-state index in [2.05, 4.69) is 5.32 Å². The van der Waals surface area contributed by atoms with Gasteiger partial charge in [0.15, 0.2) is 0 Å². The molecule has 0 bridgehead atoms. The molecule has 1 rings (SSSR count). The van der Waals surface area contributed by atoms with E-state index in [0.29, 0.717) is 19.7 Å². The van der Waals surface area contributed by atoms with Crippen molar-refractivity contribution in [3.63, 3.8) is 0 Å². The van der Waals surface area contributed by atoms with Crippen molar-refractivity contribution in [2.24, 2.45) is 0 Å². The second kappa shape index (κ2) is 7.66. The van der Waals surface area contributed by atoms with Gasteiger partial charge in [0.25, 0.3) is 0 Å². The largest absolute Gasteiger partial charge is 0.385 e. The van der Waals surface area contributed by atoms with E-state index in [-0.39, 0.29) is 11.8 Å². The van der Waals surface area contributed by atoms with E-state index in [4.69, 9.17) is 4.74 Å². The zero-order chi connectivity index (χ0) is 13.4. The molecule has 1 N–H and O–H groups in total. The molecule has 0 atom stereocenters. The third kappa shape index (κ3) is 5.14. The van der Waals surface area contributed by atoms with Gasteiger partial charge in [-0.1, -0.05) is 12.1 Å². The average molecular weight is 254 g/mol. The van der Waals surface area contributed by atoms with E-state index in [9.17, 15) is 9.18 Å². The van der Waals surface area contributed by atoms with Crippen LogP contribution >= 0.6 is 0 Å². The Morgan fingerprint density at radius 2 is 2.06 bits per heavy atom. The molecule has 0 spiro atoms. The minimum Gasteiger partial charge on any atom is -0.385 e. The Kier molecular flexibility index (Phi) is 6.14. The number of carbonyl (C=O) groups is 1. The van der Waals surface area contributed by atoms with E-state index in [1.54, 1.807) is 31.2 Å². The molecular formula is C13H19FN2O2. The number of benzene rings is 1. The van der Waals surface area contributed by atoms with Crippen LogP contribution in [0.5, 0.6) is 0 Å². The van der Waals surface area contributed by atoms with Crippen molar-refractivity contribution in [3.8, 4) is 0 Å². The zero-order valence-electron chi connectivity index (χ0n) is 10.8. The molecule has 0 saturated carbocycles.